The topological polar surface area (TPSA) is 55.8 Å². The molecular weight excluding hydrogens is 270 g/mol. The summed E-state index contributed by atoms with van der Waals surface area (Å²) in [6.45, 7) is 8.07. The Bertz CT molecular complexity index is 461. The molecular formula is C16H25NO4. The quantitative estimate of drug-likeness (QED) is 0.580. The van der Waals surface area contributed by atoms with Crippen molar-refractivity contribution < 1.29 is 19.1 Å². The van der Waals surface area contributed by atoms with Crippen molar-refractivity contribution in [2.45, 2.75) is 65.0 Å². The molecule has 1 amide bonds. The zero-order valence-electron chi connectivity index (χ0n) is 13.4. The standard InChI is InChI=1S/C16H25NO4/c1-5-20-14(18)13-12-9-7-6-8-11(12)10-17(13)15(19)21-16(2,3)4/h13H,5-10H2,1-4H3. The second-order valence-electron chi connectivity index (χ2n) is 6.60. The van der Waals surface area contributed by atoms with Gasteiger partial charge >= 0.3 is 12.1 Å². The third kappa shape index (κ3) is 3.57. The first-order valence-corrected chi connectivity index (χ1v) is 7.70. The van der Waals surface area contributed by atoms with E-state index in [9.17, 15) is 9.59 Å². The highest BCUT2D eigenvalue weighted by Crippen LogP contribution is 2.36. The molecule has 0 saturated heterocycles. The van der Waals surface area contributed by atoms with Gasteiger partial charge in [0.25, 0.3) is 0 Å². The van der Waals surface area contributed by atoms with Gasteiger partial charge in [0.1, 0.15) is 5.60 Å². The van der Waals surface area contributed by atoms with Crippen molar-refractivity contribution >= 4 is 12.1 Å². The van der Waals surface area contributed by atoms with Crippen LogP contribution in [0.15, 0.2) is 11.1 Å². The van der Waals surface area contributed by atoms with Crippen LogP contribution in [-0.4, -0.2) is 41.8 Å². The summed E-state index contributed by atoms with van der Waals surface area (Å²) in [7, 11) is 0. The van der Waals surface area contributed by atoms with Crippen molar-refractivity contribution in [2.24, 2.45) is 0 Å². The molecule has 1 unspecified atom stereocenters. The van der Waals surface area contributed by atoms with E-state index in [4.69, 9.17) is 9.47 Å². The minimum Gasteiger partial charge on any atom is -0.464 e. The van der Waals surface area contributed by atoms with Crippen LogP contribution in [0.2, 0.25) is 0 Å². The highest BCUT2D eigenvalue weighted by Gasteiger charge is 2.43. The molecule has 1 atom stereocenters. The minimum absolute atomic E-state index is 0.320. The molecule has 0 bridgehead atoms. The van der Waals surface area contributed by atoms with E-state index in [2.05, 4.69) is 0 Å². The number of hydrogen-bond donors (Lipinski definition) is 0. The van der Waals surface area contributed by atoms with E-state index < -0.39 is 17.7 Å². The van der Waals surface area contributed by atoms with E-state index >= 15 is 0 Å². The number of esters is 1. The zero-order chi connectivity index (χ0) is 15.6. The van der Waals surface area contributed by atoms with Crippen molar-refractivity contribution in [1.29, 1.82) is 0 Å². The van der Waals surface area contributed by atoms with Crippen LogP contribution in [0.5, 0.6) is 0 Å². The third-order valence-electron chi connectivity index (χ3n) is 3.77. The van der Waals surface area contributed by atoms with Crippen LogP contribution < -0.4 is 0 Å². The maximum absolute atomic E-state index is 12.4. The molecule has 0 fully saturated rings. The second kappa shape index (κ2) is 6.08. The minimum atomic E-state index is -0.588. The molecule has 0 aromatic heterocycles. The first kappa shape index (κ1) is 15.9. The monoisotopic (exact) mass is 295 g/mol. The van der Waals surface area contributed by atoms with E-state index in [0.29, 0.717) is 13.2 Å². The normalized spacial score (nSPS) is 22.1. The summed E-state index contributed by atoms with van der Waals surface area (Å²) in [5.74, 6) is -0.338. The molecule has 0 aromatic rings. The lowest BCUT2D eigenvalue weighted by Crippen LogP contribution is -2.45. The van der Waals surface area contributed by atoms with Crippen LogP contribution in [0.3, 0.4) is 0 Å². The van der Waals surface area contributed by atoms with Crippen LogP contribution in [0, 0.1) is 0 Å². The van der Waals surface area contributed by atoms with Crippen LogP contribution >= 0.6 is 0 Å². The molecule has 0 radical (unpaired) electrons. The second-order valence-corrected chi connectivity index (χ2v) is 6.60. The van der Waals surface area contributed by atoms with Crippen LogP contribution in [-0.2, 0) is 14.3 Å². The van der Waals surface area contributed by atoms with Crippen LogP contribution in [0.1, 0.15) is 53.4 Å². The number of carbonyl (C=O) groups is 2. The average Bonchev–Trinajstić information content (AvgIpc) is 2.76. The Hall–Kier alpha value is -1.52. The van der Waals surface area contributed by atoms with Gasteiger partial charge in [0.05, 0.1) is 6.61 Å². The fraction of sp³-hybridized carbons (Fsp3) is 0.750. The molecule has 1 aliphatic heterocycles. The lowest BCUT2D eigenvalue weighted by molar-refractivity contribution is -0.147. The molecule has 0 aromatic carbocycles. The maximum Gasteiger partial charge on any atom is 0.411 e. The third-order valence-corrected chi connectivity index (χ3v) is 3.77. The van der Waals surface area contributed by atoms with E-state index in [1.807, 2.05) is 20.8 Å². The SMILES string of the molecule is CCOC(=O)C1C2=C(CCCC2)CN1C(=O)OC(C)(C)C. The molecule has 1 aliphatic carbocycles. The number of hydrogen-bond acceptors (Lipinski definition) is 4. The highest BCUT2D eigenvalue weighted by molar-refractivity contribution is 5.86. The summed E-state index contributed by atoms with van der Waals surface area (Å²) >= 11 is 0. The van der Waals surface area contributed by atoms with E-state index in [1.54, 1.807) is 6.92 Å². The van der Waals surface area contributed by atoms with Gasteiger partial charge in [0.15, 0.2) is 6.04 Å². The van der Waals surface area contributed by atoms with Crippen LogP contribution in [0.25, 0.3) is 0 Å². The lowest BCUT2D eigenvalue weighted by atomic mass is 9.90. The fourth-order valence-electron chi connectivity index (χ4n) is 2.97. The Balaban J connectivity index is 2.21. The molecule has 1 heterocycles. The number of rotatable bonds is 2. The Morgan fingerprint density at radius 2 is 1.90 bits per heavy atom. The summed E-state index contributed by atoms with van der Waals surface area (Å²) in [5, 5.41) is 0. The number of carbonyl (C=O) groups excluding carboxylic acids is 2. The van der Waals surface area contributed by atoms with Gasteiger partial charge in [-0.15, -0.1) is 0 Å². The smallest absolute Gasteiger partial charge is 0.411 e. The van der Waals surface area contributed by atoms with Gasteiger partial charge in [-0.25, -0.2) is 9.59 Å². The lowest BCUT2D eigenvalue weighted by Gasteiger charge is -2.28. The van der Waals surface area contributed by atoms with Gasteiger partial charge < -0.3 is 9.47 Å². The van der Waals surface area contributed by atoms with Gasteiger partial charge in [0.2, 0.25) is 0 Å². The highest BCUT2D eigenvalue weighted by atomic mass is 16.6. The number of nitrogens with zero attached hydrogens (tertiary/aromatic N) is 1. The predicted molar refractivity (Wildman–Crippen MR) is 78.9 cm³/mol. The molecule has 5 nitrogen and oxygen atoms in total. The zero-order valence-corrected chi connectivity index (χ0v) is 13.4. The number of ether oxygens (including phenoxy) is 2. The Labute approximate surface area is 126 Å². The van der Waals surface area contributed by atoms with E-state index in [1.165, 1.54) is 10.5 Å². The van der Waals surface area contributed by atoms with Gasteiger partial charge in [-0.2, -0.15) is 0 Å². The van der Waals surface area contributed by atoms with Crippen molar-refractivity contribution in [1.82, 2.24) is 4.90 Å². The first-order valence-electron chi connectivity index (χ1n) is 7.70. The van der Waals surface area contributed by atoms with Crippen molar-refractivity contribution in [3.8, 4) is 0 Å². The molecule has 5 heteroatoms. The summed E-state index contributed by atoms with van der Waals surface area (Å²) in [6.07, 6.45) is 3.59. The largest absolute Gasteiger partial charge is 0.464 e. The Kier molecular flexibility index (Phi) is 4.59. The molecule has 2 aliphatic rings. The van der Waals surface area contributed by atoms with E-state index in [0.717, 1.165) is 31.3 Å². The predicted octanol–water partition coefficient (Wildman–Crippen LogP) is 3.04. The van der Waals surface area contributed by atoms with Gasteiger partial charge in [-0.3, -0.25) is 4.90 Å². The summed E-state index contributed by atoms with van der Waals surface area (Å²) < 4.78 is 10.6. The van der Waals surface area contributed by atoms with Crippen molar-refractivity contribution in [3.63, 3.8) is 0 Å². The molecule has 0 N–H and O–H groups in total. The molecule has 2 rings (SSSR count). The number of amides is 1. The molecule has 0 spiro atoms. The molecule has 0 saturated carbocycles. The van der Waals surface area contributed by atoms with Gasteiger partial charge in [0, 0.05) is 6.54 Å². The maximum atomic E-state index is 12.4. The summed E-state index contributed by atoms with van der Waals surface area (Å²) in [6, 6.07) is -0.588. The Morgan fingerprint density at radius 3 is 2.52 bits per heavy atom. The van der Waals surface area contributed by atoms with Gasteiger partial charge in [-0.1, -0.05) is 0 Å². The first-order chi connectivity index (χ1) is 9.83. The Morgan fingerprint density at radius 1 is 1.24 bits per heavy atom. The van der Waals surface area contributed by atoms with Crippen molar-refractivity contribution in [2.75, 3.05) is 13.2 Å². The fourth-order valence-corrected chi connectivity index (χ4v) is 2.97. The average molecular weight is 295 g/mol. The molecule has 118 valence electrons. The van der Waals surface area contributed by atoms with Crippen molar-refractivity contribution in [3.05, 3.63) is 11.1 Å². The summed E-state index contributed by atoms with van der Waals surface area (Å²) in [5.41, 5.74) is 1.72. The van der Waals surface area contributed by atoms with Crippen LogP contribution in [0.4, 0.5) is 4.79 Å². The molecule has 21 heavy (non-hydrogen) atoms. The van der Waals surface area contributed by atoms with E-state index in [-0.39, 0.29) is 5.97 Å². The van der Waals surface area contributed by atoms with Gasteiger partial charge in [-0.05, 0) is 64.5 Å². The summed E-state index contributed by atoms with van der Waals surface area (Å²) in [4.78, 5) is 26.2.